The van der Waals surface area contributed by atoms with Crippen LogP contribution in [0, 0.1) is 5.41 Å². The van der Waals surface area contributed by atoms with Crippen molar-refractivity contribution in [1.82, 2.24) is 9.80 Å². The molecule has 178 valence electrons. The highest BCUT2D eigenvalue weighted by Crippen LogP contribution is 2.41. The number of hydrogen-bond acceptors (Lipinski definition) is 6. The molecule has 0 aromatic carbocycles. The van der Waals surface area contributed by atoms with E-state index in [2.05, 4.69) is 0 Å². The van der Waals surface area contributed by atoms with Gasteiger partial charge in [0.1, 0.15) is 17.2 Å². The van der Waals surface area contributed by atoms with Crippen molar-refractivity contribution >= 4 is 18.0 Å². The van der Waals surface area contributed by atoms with Gasteiger partial charge >= 0.3 is 12.1 Å². The van der Waals surface area contributed by atoms with Crippen LogP contribution in [0.2, 0.25) is 0 Å². The maximum atomic E-state index is 12.6. The van der Waals surface area contributed by atoms with Crippen LogP contribution < -0.4 is 5.73 Å². The summed E-state index contributed by atoms with van der Waals surface area (Å²) in [6.07, 6.45) is 4.07. The molecule has 2 aliphatic rings. The Labute approximate surface area is 186 Å². The highest BCUT2D eigenvalue weighted by atomic mass is 16.6. The van der Waals surface area contributed by atoms with Gasteiger partial charge in [-0.15, -0.1) is 0 Å². The lowest BCUT2D eigenvalue weighted by atomic mass is 9.71. The fraction of sp³-hybridized carbons (Fsp3) is 0.870. The molecule has 0 aromatic rings. The second-order valence-corrected chi connectivity index (χ2v) is 11.0. The van der Waals surface area contributed by atoms with Crippen LogP contribution >= 0.6 is 0 Å². The molecule has 31 heavy (non-hydrogen) atoms. The predicted molar refractivity (Wildman–Crippen MR) is 118 cm³/mol. The van der Waals surface area contributed by atoms with E-state index in [-0.39, 0.29) is 23.8 Å². The Morgan fingerprint density at radius 1 is 0.839 bits per heavy atom. The van der Waals surface area contributed by atoms with E-state index in [1.165, 1.54) is 0 Å². The van der Waals surface area contributed by atoms with Crippen LogP contribution in [0.4, 0.5) is 4.79 Å². The molecule has 2 N–H and O–H groups in total. The summed E-state index contributed by atoms with van der Waals surface area (Å²) in [5.74, 6) is -0.422. The zero-order valence-electron chi connectivity index (χ0n) is 20.2. The summed E-state index contributed by atoms with van der Waals surface area (Å²) in [4.78, 5) is 40.6. The summed E-state index contributed by atoms with van der Waals surface area (Å²) in [5.41, 5.74) is 5.03. The number of likely N-dealkylation sites (tertiary alicyclic amines) is 2. The first-order chi connectivity index (χ1) is 14.2. The molecule has 1 spiro atoms. The molecule has 8 heteroatoms. The Hall–Kier alpha value is -1.83. The third-order valence-corrected chi connectivity index (χ3v) is 6.03. The van der Waals surface area contributed by atoms with E-state index >= 15 is 0 Å². The minimum atomic E-state index is -0.781. The van der Waals surface area contributed by atoms with Crippen molar-refractivity contribution < 1.29 is 23.9 Å². The first-order valence-electron chi connectivity index (χ1n) is 11.4. The van der Waals surface area contributed by atoms with Gasteiger partial charge in [-0.1, -0.05) is 0 Å². The van der Waals surface area contributed by atoms with Gasteiger partial charge in [0.25, 0.3) is 0 Å². The van der Waals surface area contributed by atoms with Gasteiger partial charge in [-0.25, -0.2) is 4.79 Å². The Morgan fingerprint density at radius 2 is 1.29 bits per heavy atom. The van der Waals surface area contributed by atoms with Gasteiger partial charge < -0.3 is 25.0 Å². The lowest BCUT2D eigenvalue weighted by Crippen LogP contribution is -2.50. The molecule has 0 radical (unpaired) electrons. The lowest BCUT2D eigenvalue weighted by Gasteiger charge is -2.46. The molecular weight excluding hydrogens is 398 g/mol. The molecule has 0 aliphatic carbocycles. The third kappa shape index (κ3) is 7.98. The Morgan fingerprint density at radius 3 is 1.74 bits per heavy atom. The van der Waals surface area contributed by atoms with E-state index in [1.807, 2.05) is 25.7 Å². The van der Waals surface area contributed by atoms with E-state index in [4.69, 9.17) is 15.2 Å². The normalized spacial score (nSPS) is 20.4. The molecule has 2 fully saturated rings. The standard InChI is InChI=1S/C23H41N3O5/c1-21(2,3)30-19(28)17(24)7-8-18(27)25-13-9-23(10-14-25)11-15-26(16-12-23)20(29)31-22(4,5)6/h17H,7-16,24H2,1-6H3/t17-/m0/s1. The number of nitrogens with two attached hydrogens (primary N) is 1. The maximum Gasteiger partial charge on any atom is 0.410 e. The Bertz CT molecular complexity index is 647. The van der Waals surface area contributed by atoms with Crippen LogP contribution in [-0.2, 0) is 19.1 Å². The van der Waals surface area contributed by atoms with E-state index in [1.54, 1.807) is 25.7 Å². The summed E-state index contributed by atoms with van der Waals surface area (Å²) in [6, 6.07) is -0.781. The molecule has 0 aromatic heterocycles. The maximum absolute atomic E-state index is 12.6. The fourth-order valence-corrected chi connectivity index (χ4v) is 4.15. The third-order valence-electron chi connectivity index (χ3n) is 6.03. The number of carbonyl (C=O) groups excluding carboxylic acids is 3. The number of esters is 1. The molecule has 0 saturated carbocycles. The van der Waals surface area contributed by atoms with Crippen molar-refractivity contribution in [3.8, 4) is 0 Å². The SMILES string of the molecule is CC(C)(C)OC(=O)[C@@H](N)CCC(=O)N1CCC2(CC1)CCN(C(=O)OC(C)(C)C)CC2. The Balaban J connectivity index is 1.74. The van der Waals surface area contributed by atoms with Crippen LogP contribution in [0.5, 0.6) is 0 Å². The largest absolute Gasteiger partial charge is 0.459 e. The van der Waals surface area contributed by atoms with Gasteiger partial charge in [-0.05, 0) is 79.1 Å². The average Bonchev–Trinajstić information content (AvgIpc) is 2.64. The minimum Gasteiger partial charge on any atom is -0.459 e. The molecule has 2 amide bonds. The van der Waals surface area contributed by atoms with Gasteiger partial charge in [0.05, 0.1) is 0 Å². The summed E-state index contributed by atoms with van der Waals surface area (Å²) in [7, 11) is 0. The van der Waals surface area contributed by atoms with E-state index in [9.17, 15) is 14.4 Å². The summed E-state index contributed by atoms with van der Waals surface area (Å²) < 4.78 is 10.8. The van der Waals surface area contributed by atoms with Gasteiger partial charge in [0.2, 0.25) is 5.91 Å². The first-order valence-corrected chi connectivity index (χ1v) is 11.4. The lowest BCUT2D eigenvalue weighted by molar-refractivity contribution is -0.156. The zero-order chi connectivity index (χ0) is 23.4. The number of rotatable bonds is 4. The van der Waals surface area contributed by atoms with Crippen molar-refractivity contribution in [2.75, 3.05) is 26.2 Å². The summed E-state index contributed by atoms with van der Waals surface area (Å²) in [5, 5.41) is 0. The first kappa shape index (κ1) is 25.4. The summed E-state index contributed by atoms with van der Waals surface area (Å²) >= 11 is 0. The molecule has 2 heterocycles. The van der Waals surface area contributed by atoms with Gasteiger partial charge in [0, 0.05) is 32.6 Å². The van der Waals surface area contributed by atoms with Gasteiger partial charge in [-0.2, -0.15) is 0 Å². The van der Waals surface area contributed by atoms with Gasteiger partial charge in [0.15, 0.2) is 0 Å². The van der Waals surface area contributed by atoms with Crippen LogP contribution in [-0.4, -0.2) is 71.2 Å². The molecule has 8 nitrogen and oxygen atoms in total. The highest BCUT2D eigenvalue weighted by Gasteiger charge is 2.40. The quantitative estimate of drug-likeness (QED) is 0.676. The molecule has 0 bridgehead atoms. The average molecular weight is 440 g/mol. The van der Waals surface area contributed by atoms with Crippen molar-refractivity contribution in [1.29, 1.82) is 0 Å². The number of ether oxygens (including phenoxy) is 2. The van der Waals surface area contributed by atoms with Gasteiger partial charge in [-0.3, -0.25) is 9.59 Å². The predicted octanol–water partition coefficient (Wildman–Crippen LogP) is 3.08. The van der Waals surface area contributed by atoms with Crippen LogP contribution in [0.3, 0.4) is 0 Å². The number of carbonyl (C=O) groups is 3. The molecule has 2 saturated heterocycles. The van der Waals surface area contributed by atoms with Crippen LogP contribution in [0.15, 0.2) is 0 Å². The van der Waals surface area contributed by atoms with Crippen molar-refractivity contribution in [3.05, 3.63) is 0 Å². The Kier molecular flexibility index (Phi) is 8.00. The monoisotopic (exact) mass is 439 g/mol. The second-order valence-electron chi connectivity index (χ2n) is 11.0. The van der Waals surface area contributed by atoms with E-state index < -0.39 is 23.2 Å². The zero-order valence-corrected chi connectivity index (χ0v) is 20.2. The highest BCUT2D eigenvalue weighted by molar-refractivity contribution is 5.79. The molecule has 2 rings (SSSR count). The van der Waals surface area contributed by atoms with Crippen LogP contribution in [0.25, 0.3) is 0 Å². The second kappa shape index (κ2) is 9.76. The minimum absolute atomic E-state index is 0.0417. The molecular formula is C23H41N3O5. The molecule has 1 atom stereocenters. The van der Waals surface area contributed by atoms with Crippen molar-refractivity contribution in [2.45, 2.75) is 97.3 Å². The number of piperidine rings is 2. The molecule has 2 aliphatic heterocycles. The van der Waals surface area contributed by atoms with E-state index in [0.717, 1.165) is 25.7 Å². The smallest absolute Gasteiger partial charge is 0.410 e. The summed E-state index contributed by atoms with van der Waals surface area (Å²) in [6.45, 7) is 13.9. The van der Waals surface area contributed by atoms with Crippen molar-refractivity contribution in [3.63, 3.8) is 0 Å². The van der Waals surface area contributed by atoms with Crippen LogP contribution in [0.1, 0.15) is 80.1 Å². The number of hydrogen-bond donors (Lipinski definition) is 1. The topological polar surface area (TPSA) is 102 Å². The number of amides is 2. The van der Waals surface area contributed by atoms with Crippen molar-refractivity contribution in [2.24, 2.45) is 11.1 Å². The molecule has 0 unspecified atom stereocenters. The number of nitrogens with zero attached hydrogens (tertiary/aromatic N) is 2. The van der Waals surface area contributed by atoms with E-state index in [0.29, 0.717) is 32.6 Å². The fourth-order valence-electron chi connectivity index (χ4n) is 4.15.